The summed E-state index contributed by atoms with van der Waals surface area (Å²) in [5, 5.41) is 1.89. The number of hydrogen-bond acceptors (Lipinski definition) is 4. The molecule has 2 aromatic carbocycles. The normalized spacial score (nSPS) is 10.4. The molecule has 0 amide bonds. The zero-order chi connectivity index (χ0) is 15.5. The number of thiophene rings is 1. The summed E-state index contributed by atoms with van der Waals surface area (Å²) in [6.45, 7) is 0. The molecule has 3 nitrogen and oxygen atoms in total. The highest BCUT2D eigenvalue weighted by Gasteiger charge is 2.17. The molecule has 110 valence electrons. The molecule has 1 heterocycles. The minimum Gasteiger partial charge on any atom is -0.465 e. The second kappa shape index (κ2) is 6.03. The van der Waals surface area contributed by atoms with Gasteiger partial charge in [0.2, 0.25) is 0 Å². The van der Waals surface area contributed by atoms with E-state index >= 15 is 0 Å². The van der Waals surface area contributed by atoms with Crippen molar-refractivity contribution >= 4 is 23.0 Å². The lowest BCUT2D eigenvalue weighted by molar-refractivity contribution is 0.0607. The van der Waals surface area contributed by atoms with Crippen LogP contribution in [0.15, 0.2) is 60.0 Å². The Morgan fingerprint density at radius 2 is 1.55 bits per heavy atom. The predicted molar refractivity (Wildman–Crippen MR) is 90.9 cm³/mol. The molecule has 0 atom stereocenters. The van der Waals surface area contributed by atoms with Crippen LogP contribution >= 0.6 is 11.3 Å². The van der Waals surface area contributed by atoms with E-state index in [1.54, 1.807) is 0 Å². The monoisotopic (exact) mass is 309 g/mol. The van der Waals surface area contributed by atoms with Crippen molar-refractivity contribution < 1.29 is 9.53 Å². The highest BCUT2D eigenvalue weighted by Crippen LogP contribution is 2.35. The van der Waals surface area contributed by atoms with E-state index in [2.05, 4.69) is 24.3 Å². The summed E-state index contributed by atoms with van der Waals surface area (Å²) in [6, 6.07) is 18.3. The Kier molecular flexibility index (Phi) is 3.94. The molecule has 2 N–H and O–H groups in total. The number of nitrogens with two attached hydrogens (primary N) is 1. The summed E-state index contributed by atoms with van der Waals surface area (Å²) < 4.78 is 4.73. The molecule has 0 saturated carbocycles. The quantitative estimate of drug-likeness (QED) is 0.727. The maximum Gasteiger partial charge on any atom is 0.350 e. The van der Waals surface area contributed by atoms with E-state index in [9.17, 15) is 4.79 Å². The Morgan fingerprint density at radius 3 is 2.18 bits per heavy atom. The molecule has 0 aliphatic carbocycles. The summed E-state index contributed by atoms with van der Waals surface area (Å²) >= 11 is 1.30. The number of ether oxygens (including phenoxy) is 1. The first-order valence-electron chi connectivity index (χ1n) is 6.82. The molecule has 0 unspecified atom stereocenters. The molecule has 22 heavy (non-hydrogen) atoms. The van der Waals surface area contributed by atoms with E-state index in [4.69, 9.17) is 10.5 Å². The topological polar surface area (TPSA) is 52.3 Å². The number of anilines is 1. The first kappa shape index (κ1) is 14.4. The average Bonchev–Trinajstić information content (AvgIpc) is 2.97. The summed E-state index contributed by atoms with van der Waals surface area (Å²) in [5.41, 5.74) is 10.7. The van der Waals surface area contributed by atoms with Crippen molar-refractivity contribution in [3.8, 4) is 22.3 Å². The lowest BCUT2D eigenvalue weighted by Gasteiger charge is -2.05. The fraction of sp³-hybridized carbons (Fsp3) is 0.0556. The molecule has 0 aliphatic rings. The number of carbonyl (C=O) groups excluding carboxylic acids is 1. The third-order valence-electron chi connectivity index (χ3n) is 3.50. The van der Waals surface area contributed by atoms with E-state index in [1.807, 2.05) is 35.7 Å². The van der Waals surface area contributed by atoms with Crippen LogP contribution in [0.1, 0.15) is 9.67 Å². The third-order valence-corrected chi connectivity index (χ3v) is 4.48. The van der Waals surface area contributed by atoms with Gasteiger partial charge in [-0.2, -0.15) is 0 Å². The lowest BCUT2D eigenvalue weighted by Crippen LogP contribution is -2.02. The Morgan fingerprint density at radius 1 is 0.955 bits per heavy atom. The van der Waals surface area contributed by atoms with Crippen LogP contribution < -0.4 is 5.73 Å². The number of carbonyl (C=O) groups is 1. The van der Waals surface area contributed by atoms with Crippen molar-refractivity contribution in [2.45, 2.75) is 0 Å². The van der Waals surface area contributed by atoms with Crippen molar-refractivity contribution in [2.75, 3.05) is 12.8 Å². The van der Waals surface area contributed by atoms with Gasteiger partial charge in [-0.3, -0.25) is 0 Å². The van der Waals surface area contributed by atoms with E-state index < -0.39 is 5.97 Å². The standard InChI is InChI=1S/C18H15NO2S/c1-21-18(20)17-16(19)15(11-22-17)14-9-7-13(8-10-14)12-5-3-2-4-6-12/h2-11H,19H2,1H3. The van der Waals surface area contributed by atoms with Gasteiger partial charge in [-0.25, -0.2) is 4.79 Å². The first-order valence-corrected chi connectivity index (χ1v) is 7.70. The summed E-state index contributed by atoms with van der Waals surface area (Å²) in [7, 11) is 1.36. The molecule has 3 aromatic rings. The van der Waals surface area contributed by atoms with Gasteiger partial charge >= 0.3 is 5.97 Å². The molecular formula is C18H15NO2S. The van der Waals surface area contributed by atoms with Crippen LogP contribution in [-0.2, 0) is 4.74 Å². The molecule has 0 radical (unpaired) electrons. The Hall–Kier alpha value is -2.59. The fourth-order valence-electron chi connectivity index (χ4n) is 2.31. The SMILES string of the molecule is COC(=O)c1scc(-c2ccc(-c3ccccc3)cc2)c1N. The highest BCUT2D eigenvalue weighted by atomic mass is 32.1. The number of nitrogen functional groups attached to an aromatic ring is 1. The smallest absolute Gasteiger partial charge is 0.350 e. The van der Waals surface area contributed by atoms with E-state index in [1.165, 1.54) is 24.0 Å². The molecule has 0 fully saturated rings. The fourth-order valence-corrected chi connectivity index (χ4v) is 3.23. The van der Waals surface area contributed by atoms with Crippen LogP contribution in [0.25, 0.3) is 22.3 Å². The Labute approximate surface area is 133 Å². The van der Waals surface area contributed by atoms with Crippen molar-refractivity contribution in [3.63, 3.8) is 0 Å². The minimum absolute atomic E-state index is 0.394. The average molecular weight is 309 g/mol. The van der Waals surface area contributed by atoms with Gasteiger partial charge in [0.25, 0.3) is 0 Å². The van der Waals surface area contributed by atoms with Crippen LogP contribution in [0, 0.1) is 0 Å². The Balaban J connectivity index is 1.94. The van der Waals surface area contributed by atoms with Gasteiger partial charge in [-0.15, -0.1) is 11.3 Å². The zero-order valence-corrected chi connectivity index (χ0v) is 12.9. The first-order chi connectivity index (χ1) is 10.7. The van der Waals surface area contributed by atoms with Crippen LogP contribution in [0.5, 0.6) is 0 Å². The summed E-state index contributed by atoms with van der Waals surface area (Å²) in [6.07, 6.45) is 0. The van der Waals surface area contributed by atoms with Crippen LogP contribution in [0.2, 0.25) is 0 Å². The van der Waals surface area contributed by atoms with Crippen LogP contribution in [-0.4, -0.2) is 13.1 Å². The van der Waals surface area contributed by atoms with E-state index in [0.717, 1.165) is 16.7 Å². The summed E-state index contributed by atoms with van der Waals surface area (Å²) in [5.74, 6) is -0.394. The van der Waals surface area contributed by atoms with Crippen molar-refractivity contribution in [2.24, 2.45) is 0 Å². The number of benzene rings is 2. The second-order valence-electron chi connectivity index (χ2n) is 4.83. The number of methoxy groups -OCH3 is 1. The number of esters is 1. The molecular weight excluding hydrogens is 294 g/mol. The van der Waals surface area contributed by atoms with Gasteiger partial charge in [0.15, 0.2) is 0 Å². The van der Waals surface area contributed by atoms with Gasteiger partial charge in [0, 0.05) is 10.9 Å². The molecule has 0 saturated heterocycles. The second-order valence-corrected chi connectivity index (χ2v) is 5.71. The van der Waals surface area contributed by atoms with Crippen LogP contribution in [0.4, 0.5) is 5.69 Å². The minimum atomic E-state index is -0.394. The van der Waals surface area contributed by atoms with E-state index in [0.29, 0.717) is 10.6 Å². The predicted octanol–water partition coefficient (Wildman–Crippen LogP) is 4.45. The van der Waals surface area contributed by atoms with Crippen molar-refractivity contribution in [1.82, 2.24) is 0 Å². The molecule has 1 aromatic heterocycles. The zero-order valence-electron chi connectivity index (χ0n) is 12.1. The number of hydrogen-bond donors (Lipinski definition) is 1. The van der Waals surface area contributed by atoms with Gasteiger partial charge in [0.05, 0.1) is 12.8 Å². The highest BCUT2D eigenvalue weighted by molar-refractivity contribution is 7.13. The molecule has 0 spiro atoms. The molecule has 0 bridgehead atoms. The molecule has 3 rings (SSSR count). The lowest BCUT2D eigenvalue weighted by atomic mass is 10.0. The van der Waals surface area contributed by atoms with E-state index in [-0.39, 0.29) is 0 Å². The van der Waals surface area contributed by atoms with Gasteiger partial charge in [-0.1, -0.05) is 54.6 Å². The van der Waals surface area contributed by atoms with Crippen LogP contribution in [0.3, 0.4) is 0 Å². The maximum atomic E-state index is 11.6. The number of rotatable bonds is 3. The molecule has 4 heteroatoms. The third kappa shape index (κ3) is 2.61. The molecule has 0 aliphatic heterocycles. The maximum absolute atomic E-state index is 11.6. The van der Waals surface area contributed by atoms with Gasteiger partial charge in [0.1, 0.15) is 4.88 Å². The largest absolute Gasteiger partial charge is 0.465 e. The van der Waals surface area contributed by atoms with Gasteiger partial charge in [-0.05, 0) is 16.7 Å². The Bertz CT molecular complexity index is 792. The summed E-state index contributed by atoms with van der Waals surface area (Å²) in [4.78, 5) is 12.1. The van der Waals surface area contributed by atoms with Crippen molar-refractivity contribution in [3.05, 3.63) is 64.9 Å². The van der Waals surface area contributed by atoms with Gasteiger partial charge < -0.3 is 10.5 Å². The van der Waals surface area contributed by atoms with Crippen molar-refractivity contribution in [1.29, 1.82) is 0 Å².